The van der Waals surface area contributed by atoms with E-state index in [0.717, 1.165) is 14.4 Å². The summed E-state index contributed by atoms with van der Waals surface area (Å²) in [6.45, 7) is -0.0447. The van der Waals surface area contributed by atoms with Gasteiger partial charge in [0.2, 0.25) is 0 Å². The van der Waals surface area contributed by atoms with Crippen molar-refractivity contribution in [1.82, 2.24) is 15.6 Å². The highest BCUT2D eigenvalue weighted by atomic mass is 79.9. The molecule has 0 saturated carbocycles. The molecule has 0 radical (unpaired) electrons. The summed E-state index contributed by atoms with van der Waals surface area (Å²) in [7, 11) is 1.64. The molecule has 0 spiro atoms. The van der Waals surface area contributed by atoms with E-state index in [1.807, 2.05) is 13.1 Å². The van der Waals surface area contributed by atoms with Gasteiger partial charge in [-0.05, 0) is 25.1 Å². The lowest BCUT2D eigenvalue weighted by molar-refractivity contribution is -0.0504. The number of benzene rings is 1. The van der Waals surface area contributed by atoms with Crippen molar-refractivity contribution < 1.29 is 13.5 Å². The number of aromatic nitrogens is 1. The van der Waals surface area contributed by atoms with Crippen molar-refractivity contribution in [2.24, 2.45) is 4.99 Å². The molecule has 0 aliphatic heterocycles. The minimum atomic E-state index is -2.87. The van der Waals surface area contributed by atoms with Gasteiger partial charge in [0.25, 0.3) is 0 Å². The number of hydrogen-bond acceptors (Lipinski definition) is 4. The minimum absolute atomic E-state index is 0.131. The third-order valence-corrected chi connectivity index (χ3v) is 4.39. The van der Waals surface area contributed by atoms with Gasteiger partial charge in [-0.2, -0.15) is 8.78 Å². The van der Waals surface area contributed by atoms with E-state index in [2.05, 4.69) is 41.3 Å². The van der Waals surface area contributed by atoms with Crippen LogP contribution in [0.1, 0.15) is 15.4 Å². The number of thiazole rings is 1. The summed E-state index contributed by atoms with van der Waals surface area (Å²) < 4.78 is 30.3. The first-order chi connectivity index (χ1) is 11.5. The molecule has 0 aliphatic rings. The highest BCUT2D eigenvalue weighted by Crippen LogP contribution is 2.24. The number of aliphatic imine (C=N–C) groups is 1. The number of alkyl halides is 2. The van der Waals surface area contributed by atoms with Crippen LogP contribution in [0.15, 0.2) is 33.9 Å². The van der Waals surface area contributed by atoms with Crippen LogP contribution in [0, 0.1) is 6.92 Å². The topological polar surface area (TPSA) is 58.5 Å². The van der Waals surface area contributed by atoms with Gasteiger partial charge in [-0.15, -0.1) is 11.3 Å². The molecule has 24 heavy (non-hydrogen) atoms. The van der Waals surface area contributed by atoms with Crippen LogP contribution in [0.5, 0.6) is 5.75 Å². The Kier molecular flexibility index (Phi) is 6.92. The van der Waals surface area contributed by atoms with Crippen molar-refractivity contribution in [3.05, 3.63) is 44.3 Å². The van der Waals surface area contributed by atoms with Crippen LogP contribution >= 0.6 is 27.3 Å². The van der Waals surface area contributed by atoms with Crippen LogP contribution in [-0.4, -0.2) is 24.6 Å². The summed E-state index contributed by atoms with van der Waals surface area (Å²) in [5.74, 6) is 0.678. The average Bonchev–Trinajstić information content (AvgIpc) is 2.95. The molecule has 5 nitrogen and oxygen atoms in total. The van der Waals surface area contributed by atoms with Crippen LogP contribution in [0.2, 0.25) is 0 Å². The minimum Gasteiger partial charge on any atom is -0.434 e. The third-order valence-electron chi connectivity index (χ3n) is 2.98. The van der Waals surface area contributed by atoms with Crippen molar-refractivity contribution >= 4 is 33.2 Å². The van der Waals surface area contributed by atoms with E-state index in [-0.39, 0.29) is 12.3 Å². The standard InChI is InChI=1S/C15H17BrF2N4OS/c1-9-6-20-13(24-9)8-22-15(19-2)21-7-10-5-11(16)3-4-12(10)23-14(17)18/h3-6,14H,7-8H2,1-2H3,(H2,19,21,22). The molecule has 1 heterocycles. The normalized spacial score (nSPS) is 11.7. The molecular weight excluding hydrogens is 402 g/mol. The third kappa shape index (κ3) is 5.72. The average molecular weight is 419 g/mol. The Morgan fingerprint density at radius 3 is 2.75 bits per heavy atom. The van der Waals surface area contributed by atoms with E-state index in [1.165, 1.54) is 6.07 Å². The van der Waals surface area contributed by atoms with E-state index in [9.17, 15) is 8.78 Å². The molecule has 1 aromatic heterocycles. The highest BCUT2D eigenvalue weighted by Gasteiger charge is 2.11. The van der Waals surface area contributed by atoms with Gasteiger partial charge in [-0.25, -0.2) is 4.98 Å². The smallest absolute Gasteiger partial charge is 0.387 e. The SMILES string of the molecule is CN=C(NCc1ncc(C)s1)NCc1cc(Br)ccc1OC(F)F. The van der Waals surface area contributed by atoms with Gasteiger partial charge in [0.15, 0.2) is 5.96 Å². The number of nitrogens with one attached hydrogen (secondary N) is 2. The molecular formula is C15H17BrF2N4OS. The molecule has 2 aromatic rings. The van der Waals surface area contributed by atoms with Crippen LogP contribution in [0.25, 0.3) is 0 Å². The number of halogens is 3. The molecule has 0 aliphatic carbocycles. The molecule has 2 rings (SSSR count). The van der Waals surface area contributed by atoms with E-state index >= 15 is 0 Å². The fraction of sp³-hybridized carbons (Fsp3) is 0.333. The first-order valence-electron chi connectivity index (χ1n) is 7.07. The van der Waals surface area contributed by atoms with Crippen molar-refractivity contribution in [3.63, 3.8) is 0 Å². The summed E-state index contributed by atoms with van der Waals surface area (Å²) >= 11 is 4.93. The fourth-order valence-corrected chi connectivity index (χ4v) is 3.07. The van der Waals surface area contributed by atoms with Gasteiger partial charge in [-0.1, -0.05) is 15.9 Å². The first kappa shape index (κ1) is 18.6. The number of guanidine groups is 1. The second-order valence-corrected chi connectivity index (χ2v) is 7.01. The monoisotopic (exact) mass is 418 g/mol. The summed E-state index contributed by atoms with van der Waals surface area (Å²) in [4.78, 5) is 9.51. The quantitative estimate of drug-likeness (QED) is 0.554. The maximum atomic E-state index is 12.5. The van der Waals surface area contributed by atoms with Gasteiger partial charge in [0.05, 0.1) is 6.54 Å². The van der Waals surface area contributed by atoms with Crippen molar-refractivity contribution in [1.29, 1.82) is 0 Å². The van der Waals surface area contributed by atoms with Gasteiger partial charge in [0.1, 0.15) is 10.8 Å². The zero-order valence-corrected chi connectivity index (χ0v) is 15.5. The number of nitrogens with zero attached hydrogens (tertiary/aromatic N) is 2. The van der Waals surface area contributed by atoms with Crippen molar-refractivity contribution in [3.8, 4) is 5.75 Å². The van der Waals surface area contributed by atoms with Gasteiger partial charge >= 0.3 is 6.61 Å². The molecule has 1 aromatic carbocycles. The second kappa shape index (κ2) is 8.93. The molecule has 130 valence electrons. The lowest BCUT2D eigenvalue weighted by atomic mass is 10.2. The number of hydrogen-bond donors (Lipinski definition) is 2. The molecule has 0 amide bonds. The Labute approximate surface area is 151 Å². The molecule has 0 fully saturated rings. The summed E-state index contributed by atoms with van der Waals surface area (Å²) in [5.41, 5.74) is 0.595. The molecule has 9 heteroatoms. The van der Waals surface area contributed by atoms with Gasteiger partial charge < -0.3 is 15.4 Å². The number of ether oxygens (including phenoxy) is 1. The molecule has 0 saturated heterocycles. The predicted molar refractivity (Wildman–Crippen MR) is 94.7 cm³/mol. The second-order valence-electron chi connectivity index (χ2n) is 4.77. The largest absolute Gasteiger partial charge is 0.434 e. The van der Waals surface area contributed by atoms with E-state index in [4.69, 9.17) is 0 Å². The van der Waals surface area contributed by atoms with Gasteiger partial charge in [0, 0.05) is 34.7 Å². The van der Waals surface area contributed by atoms with Gasteiger partial charge in [-0.3, -0.25) is 4.99 Å². The zero-order chi connectivity index (χ0) is 17.5. The van der Waals surface area contributed by atoms with E-state index in [1.54, 1.807) is 30.5 Å². The lowest BCUT2D eigenvalue weighted by Gasteiger charge is -2.14. The maximum Gasteiger partial charge on any atom is 0.387 e. The van der Waals surface area contributed by atoms with E-state index < -0.39 is 6.61 Å². The summed E-state index contributed by atoms with van der Waals surface area (Å²) in [6.07, 6.45) is 1.81. The fourth-order valence-electron chi connectivity index (χ4n) is 1.94. The molecule has 0 atom stereocenters. The van der Waals surface area contributed by atoms with Crippen molar-refractivity contribution in [2.45, 2.75) is 26.6 Å². The zero-order valence-electron chi connectivity index (χ0n) is 13.1. The number of aryl methyl sites for hydroxylation is 1. The number of rotatable bonds is 6. The Bertz CT molecular complexity index is 709. The van der Waals surface area contributed by atoms with E-state index in [0.29, 0.717) is 18.1 Å². The predicted octanol–water partition coefficient (Wildman–Crippen LogP) is 3.68. The van der Waals surface area contributed by atoms with Crippen molar-refractivity contribution in [2.75, 3.05) is 7.05 Å². The Morgan fingerprint density at radius 2 is 2.12 bits per heavy atom. The Hall–Kier alpha value is -1.74. The molecule has 0 unspecified atom stereocenters. The molecule has 2 N–H and O–H groups in total. The van der Waals surface area contributed by atoms with Crippen LogP contribution in [-0.2, 0) is 13.1 Å². The first-order valence-corrected chi connectivity index (χ1v) is 8.68. The summed E-state index contributed by atoms with van der Waals surface area (Å²) in [6, 6.07) is 4.88. The highest BCUT2D eigenvalue weighted by molar-refractivity contribution is 9.10. The molecule has 0 bridgehead atoms. The maximum absolute atomic E-state index is 12.5. The van der Waals surface area contributed by atoms with Crippen LogP contribution in [0.3, 0.4) is 0 Å². The van der Waals surface area contributed by atoms with Crippen LogP contribution < -0.4 is 15.4 Å². The van der Waals surface area contributed by atoms with Crippen LogP contribution in [0.4, 0.5) is 8.78 Å². The summed E-state index contributed by atoms with van der Waals surface area (Å²) in [5, 5.41) is 7.15. The Morgan fingerprint density at radius 1 is 1.38 bits per heavy atom. The Balaban J connectivity index is 1.96. The lowest BCUT2D eigenvalue weighted by Crippen LogP contribution is -2.36.